The molecule has 0 fully saturated rings. The van der Waals surface area contributed by atoms with Crippen LogP contribution in [0.1, 0.15) is 38.8 Å². The fourth-order valence-electron chi connectivity index (χ4n) is 2.69. The zero-order valence-electron chi connectivity index (χ0n) is 16.5. The Morgan fingerprint density at radius 2 is 1.66 bits per heavy atom. The van der Waals surface area contributed by atoms with E-state index in [2.05, 4.69) is 26.7 Å². The number of carbonyl (C=O) groups excluding carboxylic acids is 2. The molecule has 0 aliphatic rings. The average Bonchev–Trinajstić information content (AvgIpc) is 2.71. The van der Waals surface area contributed by atoms with E-state index in [9.17, 15) is 9.59 Å². The smallest absolute Gasteiger partial charge is 0.338 e. The molecule has 3 aromatic rings. The number of carbonyl (C=O) groups is 2. The summed E-state index contributed by atoms with van der Waals surface area (Å²) in [6.07, 6.45) is 2.92. The first kappa shape index (κ1) is 20.0. The molecule has 1 amide bonds. The number of aromatic nitrogens is 2. The predicted molar refractivity (Wildman–Crippen MR) is 112 cm³/mol. The molecule has 0 saturated carbocycles. The van der Waals surface area contributed by atoms with Crippen LogP contribution in [0.15, 0.2) is 54.9 Å². The Kier molecular flexibility index (Phi) is 6.19. The lowest BCUT2D eigenvalue weighted by Gasteiger charge is -2.09. The number of esters is 1. The quantitative estimate of drug-likeness (QED) is 0.611. The van der Waals surface area contributed by atoms with Crippen molar-refractivity contribution in [3.63, 3.8) is 0 Å². The highest BCUT2D eigenvalue weighted by atomic mass is 16.5. The van der Waals surface area contributed by atoms with Gasteiger partial charge >= 0.3 is 5.97 Å². The van der Waals surface area contributed by atoms with Crippen LogP contribution in [0.2, 0.25) is 0 Å². The summed E-state index contributed by atoms with van der Waals surface area (Å²) in [7, 11) is 0. The second-order valence-electron chi connectivity index (χ2n) is 6.49. The second kappa shape index (κ2) is 8.97. The number of rotatable bonds is 6. The van der Waals surface area contributed by atoms with Gasteiger partial charge in [-0.1, -0.05) is 17.7 Å². The number of ether oxygens (including phenoxy) is 1. The van der Waals surface area contributed by atoms with E-state index in [0.29, 0.717) is 29.4 Å². The van der Waals surface area contributed by atoms with Crippen molar-refractivity contribution in [1.29, 1.82) is 0 Å². The maximum Gasteiger partial charge on any atom is 0.338 e. The number of aryl methyl sites for hydroxylation is 2. The van der Waals surface area contributed by atoms with Crippen LogP contribution in [0.5, 0.6) is 0 Å². The molecule has 0 saturated heterocycles. The lowest BCUT2D eigenvalue weighted by atomic mass is 10.1. The number of benzene rings is 2. The zero-order chi connectivity index (χ0) is 20.8. The van der Waals surface area contributed by atoms with Crippen molar-refractivity contribution in [3.8, 4) is 0 Å². The molecule has 0 aliphatic heterocycles. The predicted octanol–water partition coefficient (Wildman–Crippen LogP) is 4.27. The second-order valence-corrected chi connectivity index (χ2v) is 6.49. The van der Waals surface area contributed by atoms with Gasteiger partial charge in [0.15, 0.2) is 0 Å². The molecule has 7 nitrogen and oxygen atoms in total. The monoisotopic (exact) mass is 390 g/mol. The minimum absolute atomic E-state index is 0.311. The summed E-state index contributed by atoms with van der Waals surface area (Å²) in [5.74, 6) is -0.329. The number of amides is 1. The minimum atomic E-state index is -0.398. The van der Waals surface area contributed by atoms with Gasteiger partial charge in [0, 0.05) is 23.8 Å². The number of nitrogens with one attached hydrogen (secondary N) is 2. The van der Waals surface area contributed by atoms with Crippen molar-refractivity contribution in [3.05, 3.63) is 77.1 Å². The number of hydrogen-bond donors (Lipinski definition) is 2. The van der Waals surface area contributed by atoms with Crippen LogP contribution in [0.3, 0.4) is 0 Å². The summed E-state index contributed by atoms with van der Waals surface area (Å²) < 4.78 is 4.94. The first-order chi connectivity index (χ1) is 14.0. The molecule has 7 heteroatoms. The molecule has 1 aromatic heterocycles. The Morgan fingerprint density at radius 3 is 2.28 bits per heavy atom. The summed E-state index contributed by atoms with van der Waals surface area (Å²) >= 11 is 0. The molecule has 0 unspecified atom stereocenters. The van der Waals surface area contributed by atoms with Gasteiger partial charge in [-0.25, -0.2) is 14.8 Å². The van der Waals surface area contributed by atoms with E-state index in [1.807, 2.05) is 26.0 Å². The van der Waals surface area contributed by atoms with Gasteiger partial charge in [0.25, 0.3) is 5.91 Å². The molecule has 0 bridgehead atoms. The summed E-state index contributed by atoms with van der Waals surface area (Å²) in [5, 5.41) is 5.89. The van der Waals surface area contributed by atoms with Gasteiger partial charge in [0.1, 0.15) is 0 Å². The molecule has 29 heavy (non-hydrogen) atoms. The molecule has 0 radical (unpaired) electrons. The van der Waals surface area contributed by atoms with Crippen LogP contribution in [0.4, 0.5) is 17.3 Å². The van der Waals surface area contributed by atoms with Crippen molar-refractivity contribution in [2.45, 2.75) is 20.8 Å². The fourth-order valence-corrected chi connectivity index (χ4v) is 2.69. The summed E-state index contributed by atoms with van der Waals surface area (Å²) in [5.41, 5.74) is 4.48. The highest BCUT2D eigenvalue weighted by Crippen LogP contribution is 2.19. The number of hydrogen-bond acceptors (Lipinski definition) is 6. The van der Waals surface area contributed by atoms with Crippen molar-refractivity contribution in [2.24, 2.45) is 0 Å². The Hall–Kier alpha value is -3.74. The summed E-state index contributed by atoms with van der Waals surface area (Å²) in [6, 6.07) is 12.5. The largest absolute Gasteiger partial charge is 0.462 e. The van der Waals surface area contributed by atoms with Crippen LogP contribution in [0.25, 0.3) is 0 Å². The van der Waals surface area contributed by atoms with E-state index >= 15 is 0 Å². The average molecular weight is 390 g/mol. The van der Waals surface area contributed by atoms with E-state index in [-0.39, 0.29) is 5.91 Å². The molecular weight excluding hydrogens is 368 g/mol. The van der Waals surface area contributed by atoms with Crippen molar-refractivity contribution >= 4 is 29.2 Å². The molecule has 2 N–H and O–H groups in total. The standard InChI is InChI=1S/C22H22N4O3/c1-4-29-21(28)16-6-8-18(9-7-16)25-20(27)17-12-23-22(24-13-17)26-19-10-5-14(2)11-15(19)3/h5-13H,4H2,1-3H3,(H,25,27)(H,23,24,26). The van der Waals surface area contributed by atoms with Gasteiger partial charge in [-0.2, -0.15) is 0 Å². The third-order valence-electron chi connectivity index (χ3n) is 4.20. The molecule has 1 heterocycles. The van der Waals surface area contributed by atoms with Crippen molar-refractivity contribution in [2.75, 3.05) is 17.2 Å². The lowest BCUT2D eigenvalue weighted by molar-refractivity contribution is 0.0526. The Balaban J connectivity index is 1.63. The Morgan fingerprint density at radius 1 is 0.966 bits per heavy atom. The van der Waals surface area contributed by atoms with Crippen LogP contribution in [-0.2, 0) is 4.74 Å². The van der Waals surface area contributed by atoms with Crippen LogP contribution in [-0.4, -0.2) is 28.5 Å². The Labute approximate surface area is 169 Å². The van der Waals surface area contributed by atoms with Gasteiger partial charge in [0.2, 0.25) is 5.95 Å². The van der Waals surface area contributed by atoms with Gasteiger partial charge in [-0.15, -0.1) is 0 Å². The highest BCUT2D eigenvalue weighted by Gasteiger charge is 2.10. The molecule has 0 spiro atoms. The molecule has 0 atom stereocenters. The third kappa shape index (κ3) is 5.16. The maximum absolute atomic E-state index is 12.4. The van der Waals surface area contributed by atoms with E-state index in [1.54, 1.807) is 31.2 Å². The minimum Gasteiger partial charge on any atom is -0.462 e. The van der Waals surface area contributed by atoms with Crippen LogP contribution >= 0.6 is 0 Å². The van der Waals surface area contributed by atoms with E-state index in [4.69, 9.17) is 4.74 Å². The van der Waals surface area contributed by atoms with Crippen molar-refractivity contribution < 1.29 is 14.3 Å². The van der Waals surface area contributed by atoms with Crippen LogP contribution < -0.4 is 10.6 Å². The van der Waals surface area contributed by atoms with Gasteiger partial charge in [0.05, 0.1) is 17.7 Å². The van der Waals surface area contributed by atoms with Gasteiger partial charge in [-0.05, 0) is 56.7 Å². The highest BCUT2D eigenvalue weighted by molar-refractivity contribution is 6.04. The number of nitrogens with zero attached hydrogens (tertiary/aromatic N) is 2. The summed E-state index contributed by atoms with van der Waals surface area (Å²) in [4.78, 5) is 32.5. The van der Waals surface area contributed by atoms with E-state index < -0.39 is 5.97 Å². The molecule has 2 aromatic carbocycles. The number of anilines is 3. The molecular formula is C22H22N4O3. The molecule has 0 aliphatic carbocycles. The fraction of sp³-hybridized carbons (Fsp3) is 0.182. The first-order valence-electron chi connectivity index (χ1n) is 9.21. The van der Waals surface area contributed by atoms with Crippen molar-refractivity contribution in [1.82, 2.24) is 9.97 Å². The van der Waals surface area contributed by atoms with Gasteiger partial charge in [-0.3, -0.25) is 4.79 Å². The lowest BCUT2D eigenvalue weighted by Crippen LogP contribution is -2.13. The topological polar surface area (TPSA) is 93.2 Å². The third-order valence-corrected chi connectivity index (χ3v) is 4.20. The molecule has 148 valence electrons. The van der Waals surface area contributed by atoms with E-state index in [0.717, 1.165) is 11.3 Å². The van der Waals surface area contributed by atoms with Gasteiger partial charge < -0.3 is 15.4 Å². The molecule has 3 rings (SSSR count). The van der Waals surface area contributed by atoms with E-state index in [1.165, 1.54) is 18.0 Å². The first-order valence-corrected chi connectivity index (χ1v) is 9.21. The van der Waals surface area contributed by atoms with Crippen LogP contribution in [0, 0.1) is 13.8 Å². The maximum atomic E-state index is 12.4. The SMILES string of the molecule is CCOC(=O)c1ccc(NC(=O)c2cnc(Nc3ccc(C)cc3C)nc2)cc1. The zero-order valence-corrected chi connectivity index (χ0v) is 16.5. The normalized spacial score (nSPS) is 10.3. The summed E-state index contributed by atoms with van der Waals surface area (Å²) in [6.45, 7) is 6.10. The Bertz CT molecular complexity index is 1020.